The van der Waals surface area contributed by atoms with Crippen molar-refractivity contribution in [3.05, 3.63) is 83.4 Å². The minimum absolute atomic E-state index is 0.136. The molecule has 0 aliphatic carbocycles. The third kappa shape index (κ3) is 9.06. The Labute approximate surface area is 236 Å². The summed E-state index contributed by atoms with van der Waals surface area (Å²) in [6.45, 7) is 11.1. The van der Waals surface area contributed by atoms with E-state index in [1.54, 1.807) is 19.2 Å². The van der Waals surface area contributed by atoms with Crippen molar-refractivity contribution in [1.82, 2.24) is 0 Å². The van der Waals surface area contributed by atoms with E-state index in [0.717, 1.165) is 47.7 Å². The molecule has 0 amide bonds. The first-order valence-electron chi connectivity index (χ1n) is 13.6. The molecular weight excluding hydrogens is 541 g/mol. The van der Waals surface area contributed by atoms with Crippen molar-refractivity contribution < 1.29 is 28.3 Å². The average molecular weight is 585 g/mol. The van der Waals surface area contributed by atoms with Crippen molar-refractivity contribution in [2.24, 2.45) is 0 Å². The Hall–Kier alpha value is -2.41. The van der Waals surface area contributed by atoms with Gasteiger partial charge in [-0.3, -0.25) is 0 Å². The molecule has 0 fully saturated rings. The molecule has 0 aromatic heterocycles. The van der Waals surface area contributed by atoms with Gasteiger partial charge < -0.3 is 28.3 Å². The lowest BCUT2D eigenvalue weighted by Gasteiger charge is -2.41. The number of aromatic hydroxyl groups is 2. The van der Waals surface area contributed by atoms with Crippen molar-refractivity contribution >= 4 is 30.4 Å². The van der Waals surface area contributed by atoms with Crippen LogP contribution in [-0.4, -0.2) is 47.6 Å². The lowest BCUT2D eigenvalue weighted by Crippen LogP contribution is -2.61. The molecular formula is C30H44O6Si3. The molecule has 1 unspecified atom stereocenters. The summed E-state index contributed by atoms with van der Waals surface area (Å²) in [5, 5.41) is 30.4. The predicted molar refractivity (Wildman–Crippen MR) is 165 cm³/mol. The Balaban J connectivity index is 1.71. The summed E-state index contributed by atoms with van der Waals surface area (Å²) >= 11 is 0. The summed E-state index contributed by atoms with van der Waals surface area (Å²) in [4.78, 5) is 0. The quantitative estimate of drug-likeness (QED) is 0.196. The second-order valence-electron chi connectivity index (χ2n) is 11.5. The fourth-order valence-electron chi connectivity index (χ4n) is 5.00. The highest BCUT2D eigenvalue weighted by Gasteiger charge is 2.44. The molecule has 3 rings (SSSR count). The average Bonchev–Trinajstić information content (AvgIpc) is 2.89. The lowest BCUT2D eigenvalue weighted by atomic mass is 10.1. The van der Waals surface area contributed by atoms with Crippen molar-refractivity contribution in [3.8, 4) is 17.2 Å². The largest absolute Gasteiger partial charge is 0.508 e. The number of ether oxygens (including phenoxy) is 1. The van der Waals surface area contributed by atoms with Crippen LogP contribution in [-0.2, 0) is 27.7 Å². The highest BCUT2D eigenvalue weighted by Crippen LogP contribution is 2.30. The Bertz CT molecular complexity index is 1220. The van der Waals surface area contributed by atoms with Crippen molar-refractivity contribution in [2.45, 2.75) is 70.7 Å². The van der Waals surface area contributed by atoms with Crippen LogP contribution in [0.5, 0.6) is 17.2 Å². The summed E-state index contributed by atoms with van der Waals surface area (Å²) in [5.41, 5.74) is 2.79. The molecule has 0 heterocycles. The van der Waals surface area contributed by atoms with E-state index < -0.39 is 25.2 Å². The third-order valence-electron chi connectivity index (χ3n) is 7.06. The van der Waals surface area contributed by atoms with Gasteiger partial charge in [-0.05, 0) is 105 Å². The summed E-state index contributed by atoms with van der Waals surface area (Å²) < 4.78 is 19.5. The second kappa shape index (κ2) is 13.3. The maximum Gasteiger partial charge on any atom is 0.348 e. The van der Waals surface area contributed by atoms with Gasteiger partial charge in [0.05, 0.1) is 13.7 Å². The van der Waals surface area contributed by atoms with Crippen LogP contribution < -0.4 is 9.92 Å². The van der Waals surface area contributed by atoms with Gasteiger partial charge in [0.2, 0.25) is 0 Å². The summed E-state index contributed by atoms with van der Waals surface area (Å²) in [6, 6.07) is 23.3. The highest BCUT2D eigenvalue weighted by atomic mass is 28.5. The number of aliphatic hydroxyl groups is 1. The topological polar surface area (TPSA) is 88.4 Å². The van der Waals surface area contributed by atoms with E-state index in [1.807, 2.05) is 30.3 Å². The molecule has 212 valence electrons. The Kier molecular flexibility index (Phi) is 10.6. The molecule has 0 aliphatic heterocycles. The van der Waals surface area contributed by atoms with Gasteiger partial charge in [-0.15, -0.1) is 0 Å². The number of phenolic OH excluding ortho intramolecular Hbond substituents is 1. The maximum absolute atomic E-state index is 9.94. The monoisotopic (exact) mass is 584 g/mol. The molecule has 0 saturated carbocycles. The lowest BCUT2D eigenvalue weighted by molar-refractivity contribution is 0.275. The summed E-state index contributed by atoms with van der Waals surface area (Å²) in [6.07, 6.45) is 2.68. The van der Waals surface area contributed by atoms with Crippen LogP contribution in [0.4, 0.5) is 0 Å². The van der Waals surface area contributed by atoms with Crippen LogP contribution in [0.25, 0.3) is 0 Å². The van der Waals surface area contributed by atoms with E-state index in [0.29, 0.717) is 11.3 Å². The molecule has 39 heavy (non-hydrogen) atoms. The minimum atomic E-state index is -2.72. The first-order chi connectivity index (χ1) is 18.4. The fraction of sp³-hybridized carbons (Fsp3) is 0.400. The number of methoxy groups -OCH3 is 1. The Morgan fingerprint density at radius 1 is 0.692 bits per heavy atom. The standard InChI is InChI=1S/C30H44O6Si3/c1-34-30-22-25(15-17-29(30)33)18-20-38(4,5)36-39(6,27-12-8-7-9-13-27)35-37(2,3)19-10-11-24-14-16-28(32)26(21-24)23-31/h7-9,12-17,21-22,31-33H,10-11,18-20,23H2,1-6H3. The molecule has 0 bridgehead atoms. The molecule has 0 spiro atoms. The zero-order chi connectivity index (χ0) is 28.7. The third-order valence-corrected chi connectivity index (χ3v) is 19.0. The SMILES string of the molecule is COc1cc(CC[Si](C)(C)O[Si](C)(O[Si](C)(C)CCCc2ccc(O)c(CO)c2)c2ccccc2)ccc1O. The molecule has 3 aromatic rings. The number of phenols is 2. The molecule has 3 N–H and O–H groups in total. The van der Waals surface area contributed by atoms with E-state index in [4.69, 9.17) is 13.0 Å². The number of hydrogen-bond acceptors (Lipinski definition) is 6. The van der Waals surface area contributed by atoms with Gasteiger partial charge >= 0.3 is 8.56 Å². The molecule has 0 radical (unpaired) electrons. The molecule has 0 saturated heterocycles. The van der Waals surface area contributed by atoms with Crippen molar-refractivity contribution in [2.75, 3.05) is 7.11 Å². The van der Waals surface area contributed by atoms with Crippen LogP contribution in [0.3, 0.4) is 0 Å². The van der Waals surface area contributed by atoms with Crippen molar-refractivity contribution in [3.63, 3.8) is 0 Å². The normalized spacial score (nSPS) is 13.7. The first-order valence-corrected chi connectivity index (χ1v) is 22.1. The number of aryl methyl sites for hydroxylation is 2. The smallest absolute Gasteiger partial charge is 0.348 e. The second-order valence-corrected chi connectivity index (χ2v) is 23.7. The van der Waals surface area contributed by atoms with Gasteiger partial charge in [-0.1, -0.05) is 42.5 Å². The van der Waals surface area contributed by atoms with Crippen LogP contribution in [0, 0.1) is 0 Å². The summed E-state index contributed by atoms with van der Waals surface area (Å²) in [7, 11) is -5.39. The van der Waals surface area contributed by atoms with E-state index in [9.17, 15) is 15.3 Å². The van der Waals surface area contributed by atoms with Gasteiger partial charge in [0.15, 0.2) is 28.1 Å². The van der Waals surface area contributed by atoms with E-state index in [1.165, 1.54) is 0 Å². The maximum atomic E-state index is 9.94. The fourth-order valence-corrected chi connectivity index (χ4v) is 18.5. The number of rotatable bonds is 14. The summed E-state index contributed by atoms with van der Waals surface area (Å²) in [5.74, 6) is 0.780. The van der Waals surface area contributed by atoms with Gasteiger partial charge in [-0.25, -0.2) is 0 Å². The molecule has 3 aromatic carbocycles. The van der Waals surface area contributed by atoms with E-state index in [2.05, 4.69) is 57.0 Å². The minimum Gasteiger partial charge on any atom is -0.508 e. The van der Waals surface area contributed by atoms with Crippen molar-refractivity contribution in [1.29, 1.82) is 0 Å². The number of aliphatic hydroxyl groups excluding tert-OH is 1. The van der Waals surface area contributed by atoms with Crippen LogP contribution in [0.1, 0.15) is 23.1 Å². The molecule has 9 heteroatoms. The van der Waals surface area contributed by atoms with Gasteiger partial charge in [0, 0.05) is 5.56 Å². The number of hydrogen-bond donors (Lipinski definition) is 3. The Morgan fingerprint density at radius 3 is 1.90 bits per heavy atom. The predicted octanol–water partition coefficient (Wildman–Crippen LogP) is 6.20. The molecule has 6 nitrogen and oxygen atoms in total. The van der Waals surface area contributed by atoms with E-state index in [-0.39, 0.29) is 18.1 Å². The molecule has 0 aliphatic rings. The van der Waals surface area contributed by atoms with Crippen LogP contribution in [0.15, 0.2) is 66.7 Å². The Morgan fingerprint density at radius 2 is 1.28 bits per heavy atom. The highest BCUT2D eigenvalue weighted by molar-refractivity contribution is 6.94. The van der Waals surface area contributed by atoms with E-state index >= 15 is 0 Å². The van der Waals surface area contributed by atoms with Gasteiger partial charge in [0.25, 0.3) is 0 Å². The molecule has 1 atom stereocenters. The zero-order valence-corrected chi connectivity index (χ0v) is 27.2. The van der Waals surface area contributed by atoms with Gasteiger partial charge in [0.1, 0.15) is 5.75 Å². The van der Waals surface area contributed by atoms with Gasteiger partial charge in [-0.2, -0.15) is 0 Å². The number of benzene rings is 3. The van der Waals surface area contributed by atoms with Crippen LogP contribution in [0.2, 0.25) is 44.8 Å². The first kappa shape index (κ1) is 31.1. The van der Waals surface area contributed by atoms with Crippen LogP contribution >= 0.6 is 0 Å². The zero-order valence-electron chi connectivity index (χ0n) is 24.2.